The number of carbonyl (C=O) groups is 2. The van der Waals surface area contributed by atoms with Crippen molar-refractivity contribution in [1.29, 1.82) is 0 Å². The fourth-order valence-corrected chi connectivity index (χ4v) is 3.42. The summed E-state index contributed by atoms with van der Waals surface area (Å²) in [5.41, 5.74) is 0.998. The van der Waals surface area contributed by atoms with E-state index in [1.807, 2.05) is 30.3 Å². The average Bonchev–Trinajstić information content (AvgIpc) is 2.77. The molecule has 3 aliphatic heterocycles. The van der Waals surface area contributed by atoms with Crippen LogP contribution < -0.4 is 5.32 Å². The van der Waals surface area contributed by atoms with Crippen molar-refractivity contribution in [3.05, 3.63) is 35.9 Å². The number of rotatable bonds is 2. The van der Waals surface area contributed by atoms with Crippen molar-refractivity contribution in [3.8, 4) is 0 Å². The Balaban J connectivity index is 2.01. The van der Waals surface area contributed by atoms with E-state index in [1.54, 1.807) is 11.8 Å². The van der Waals surface area contributed by atoms with Crippen molar-refractivity contribution < 1.29 is 14.3 Å². The smallest absolute Gasteiger partial charge is 0.410 e. The van der Waals surface area contributed by atoms with Crippen LogP contribution in [0.5, 0.6) is 0 Å². The van der Waals surface area contributed by atoms with Crippen molar-refractivity contribution in [2.24, 2.45) is 5.92 Å². The van der Waals surface area contributed by atoms with Crippen LogP contribution in [0, 0.1) is 5.92 Å². The Morgan fingerprint density at radius 2 is 2.10 bits per heavy atom. The van der Waals surface area contributed by atoms with Gasteiger partial charge in [0.1, 0.15) is 0 Å². The van der Waals surface area contributed by atoms with Gasteiger partial charge in [-0.2, -0.15) is 0 Å². The fourth-order valence-electron chi connectivity index (χ4n) is 3.42. The molecule has 0 radical (unpaired) electrons. The summed E-state index contributed by atoms with van der Waals surface area (Å²) in [6, 6.07) is 9.55. The lowest BCUT2D eigenvalue weighted by molar-refractivity contribution is -0.126. The summed E-state index contributed by atoms with van der Waals surface area (Å²) in [5.74, 6) is -0.159. The molecule has 0 spiro atoms. The number of hydrogen-bond donors (Lipinski definition) is 1. The zero-order valence-corrected chi connectivity index (χ0v) is 12.1. The first-order chi connectivity index (χ1) is 10.2. The Labute approximate surface area is 124 Å². The van der Waals surface area contributed by atoms with Crippen molar-refractivity contribution in [2.75, 3.05) is 13.2 Å². The van der Waals surface area contributed by atoms with Crippen molar-refractivity contribution in [1.82, 2.24) is 10.2 Å². The Morgan fingerprint density at radius 3 is 2.81 bits per heavy atom. The highest BCUT2D eigenvalue weighted by Gasteiger charge is 2.47. The number of nitrogens with zero attached hydrogens (tertiary/aromatic N) is 1. The third-order valence-corrected chi connectivity index (χ3v) is 4.35. The van der Waals surface area contributed by atoms with Gasteiger partial charge in [-0.3, -0.25) is 9.69 Å². The normalized spacial score (nSPS) is 28.0. The molecule has 2 bridgehead atoms. The molecular weight excluding hydrogens is 268 g/mol. The molecule has 0 aliphatic carbocycles. The topological polar surface area (TPSA) is 58.6 Å². The van der Waals surface area contributed by atoms with Crippen LogP contribution in [0.1, 0.15) is 31.4 Å². The van der Waals surface area contributed by atoms with E-state index < -0.39 is 0 Å². The highest BCUT2D eigenvalue weighted by Crippen LogP contribution is 2.41. The zero-order valence-electron chi connectivity index (χ0n) is 12.1. The van der Waals surface area contributed by atoms with Crippen LogP contribution in [-0.2, 0) is 9.53 Å². The van der Waals surface area contributed by atoms with Crippen LogP contribution in [0.3, 0.4) is 0 Å². The maximum atomic E-state index is 12.4. The van der Waals surface area contributed by atoms with Gasteiger partial charge in [0, 0.05) is 6.54 Å². The molecule has 1 N–H and O–H groups in total. The molecule has 3 aliphatic rings. The summed E-state index contributed by atoms with van der Waals surface area (Å²) in [6.45, 7) is 2.65. The molecule has 112 valence electrons. The van der Waals surface area contributed by atoms with Crippen molar-refractivity contribution in [3.63, 3.8) is 0 Å². The second-order valence-electron chi connectivity index (χ2n) is 5.54. The van der Waals surface area contributed by atoms with Crippen molar-refractivity contribution >= 4 is 12.0 Å². The molecule has 0 aromatic heterocycles. The van der Waals surface area contributed by atoms with Gasteiger partial charge in [-0.15, -0.1) is 0 Å². The summed E-state index contributed by atoms with van der Waals surface area (Å²) in [6.07, 6.45) is 1.33. The molecule has 0 saturated carbocycles. The maximum absolute atomic E-state index is 12.4. The zero-order chi connectivity index (χ0) is 14.8. The molecule has 4 rings (SSSR count). The number of amides is 2. The van der Waals surface area contributed by atoms with Crippen LogP contribution in [0.2, 0.25) is 0 Å². The van der Waals surface area contributed by atoms with Gasteiger partial charge in [-0.25, -0.2) is 4.79 Å². The predicted molar refractivity (Wildman–Crippen MR) is 77.6 cm³/mol. The minimum absolute atomic E-state index is 0.0111. The van der Waals surface area contributed by atoms with E-state index in [1.165, 1.54) is 0 Å². The second kappa shape index (κ2) is 5.76. The Bertz CT molecular complexity index is 532. The third-order valence-electron chi connectivity index (χ3n) is 4.35. The lowest BCUT2D eigenvalue weighted by Crippen LogP contribution is -2.49. The largest absolute Gasteiger partial charge is 0.450 e. The highest BCUT2D eigenvalue weighted by molar-refractivity contribution is 5.82. The van der Waals surface area contributed by atoms with Crippen LogP contribution in [-0.4, -0.2) is 36.1 Å². The van der Waals surface area contributed by atoms with Gasteiger partial charge in [-0.1, -0.05) is 30.3 Å². The van der Waals surface area contributed by atoms with E-state index in [9.17, 15) is 9.59 Å². The first kappa shape index (κ1) is 13.9. The number of carbonyl (C=O) groups excluding carboxylic acids is 2. The van der Waals surface area contributed by atoms with Gasteiger partial charge in [0.05, 0.1) is 24.6 Å². The second-order valence-corrected chi connectivity index (χ2v) is 5.54. The highest BCUT2D eigenvalue weighted by atomic mass is 16.6. The van der Waals surface area contributed by atoms with E-state index in [0.29, 0.717) is 13.2 Å². The van der Waals surface area contributed by atoms with E-state index in [0.717, 1.165) is 18.4 Å². The molecule has 3 atom stereocenters. The Morgan fingerprint density at radius 1 is 1.33 bits per heavy atom. The lowest BCUT2D eigenvalue weighted by Gasteiger charge is -2.42. The predicted octanol–water partition coefficient (Wildman–Crippen LogP) is 2.09. The fraction of sp³-hybridized carbons (Fsp3) is 0.500. The van der Waals surface area contributed by atoms with Gasteiger partial charge in [0.15, 0.2) is 0 Å². The van der Waals surface area contributed by atoms with E-state index in [2.05, 4.69) is 5.32 Å². The molecule has 1 aromatic carbocycles. The standard InChI is InChI=1S/C16H20N2O3/c1-2-21-16(20)18-12-8-9-13(15(19)17-10-12)14(18)11-6-4-3-5-7-11/h3-7,12-14H,2,8-10H2,1H3,(H,17,19)/t12-,13-,14+/m1/s1. The minimum atomic E-state index is -0.322. The van der Waals surface area contributed by atoms with Gasteiger partial charge in [0.2, 0.25) is 5.91 Å². The van der Waals surface area contributed by atoms with Gasteiger partial charge in [0.25, 0.3) is 0 Å². The summed E-state index contributed by atoms with van der Waals surface area (Å²) in [5, 5.41) is 2.94. The molecule has 3 fully saturated rings. The van der Waals surface area contributed by atoms with Crippen LogP contribution in [0.25, 0.3) is 0 Å². The Hall–Kier alpha value is -2.04. The van der Waals surface area contributed by atoms with E-state index in [-0.39, 0.29) is 30.0 Å². The summed E-state index contributed by atoms with van der Waals surface area (Å²) in [4.78, 5) is 26.5. The minimum Gasteiger partial charge on any atom is -0.450 e. The molecule has 2 amide bonds. The third kappa shape index (κ3) is 2.48. The van der Waals surface area contributed by atoms with E-state index >= 15 is 0 Å². The molecular formula is C16H20N2O3. The van der Waals surface area contributed by atoms with Crippen LogP contribution in [0.4, 0.5) is 4.79 Å². The summed E-state index contributed by atoms with van der Waals surface area (Å²) >= 11 is 0. The quantitative estimate of drug-likeness (QED) is 0.906. The number of piperidine rings is 1. The van der Waals surface area contributed by atoms with Gasteiger partial charge < -0.3 is 10.1 Å². The van der Waals surface area contributed by atoms with Crippen molar-refractivity contribution in [2.45, 2.75) is 31.8 Å². The van der Waals surface area contributed by atoms with Crippen LogP contribution >= 0.6 is 0 Å². The molecule has 21 heavy (non-hydrogen) atoms. The summed E-state index contributed by atoms with van der Waals surface area (Å²) < 4.78 is 5.22. The molecule has 1 aromatic rings. The first-order valence-corrected chi connectivity index (χ1v) is 7.50. The molecule has 3 heterocycles. The monoisotopic (exact) mass is 288 g/mol. The number of ether oxygens (including phenoxy) is 1. The average molecular weight is 288 g/mol. The lowest BCUT2D eigenvalue weighted by atomic mass is 9.83. The number of nitrogens with one attached hydrogen (secondary N) is 1. The summed E-state index contributed by atoms with van der Waals surface area (Å²) in [7, 11) is 0. The van der Waals surface area contributed by atoms with Gasteiger partial charge in [-0.05, 0) is 25.3 Å². The number of hydrogen-bond acceptors (Lipinski definition) is 3. The SMILES string of the molecule is CCOC(=O)N1[C@@H]2CC[C@@H](C(=O)NC2)[C@@H]1c1ccccc1. The van der Waals surface area contributed by atoms with Gasteiger partial charge >= 0.3 is 6.09 Å². The maximum Gasteiger partial charge on any atom is 0.410 e. The molecule has 5 heteroatoms. The number of benzene rings is 1. The first-order valence-electron chi connectivity index (χ1n) is 7.50. The molecule has 3 saturated heterocycles. The molecule has 5 nitrogen and oxygen atoms in total. The molecule has 0 unspecified atom stereocenters. The Kier molecular flexibility index (Phi) is 3.82. The van der Waals surface area contributed by atoms with Crippen LogP contribution in [0.15, 0.2) is 30.3 Å². The van der Waals surface area contributed by atoms with E-state index in [4.69, 9.17) is 4.74 Å². The number of fused-ring (bicyclic) bond motifs is 4.